The number of thiophene rings is 1. The lowest BCUT2D eigenvalue weighted by molar-refractivity contribution is 0.327. The third kappa shape index (κ3) is 3.75. The summed E-state index contributed by atoms with van der Waals surface area (Å²) in [6.45, 7) is 3.70. The predicted octanol–water partition coefficient (Wildman–Crippen LogP) is 3.25. The average Bonchev–Trinajstić information content (AvgIpc) is 2.85. The van der Waals surface area contributed by atoms with Crippen LogP contribution in [0.25, 0.3) is 10.1 Å². The first-order valence-corrected chi connectivity index (χ1v) is 9.55. The summed E-state index contributed by atoms with van der Waals surface area (Å²) in [5.41, 5.74) is 0. The van der Waals surface area contributed by atoms with Gasteiger partial charge in [-0.3, -0.25) is 0 Å². The normalized spacial score (nSPS) is 22.5. The van der Waals surface area contributed by atoms with Crippen molar-refractivity contribution in [3.8, 4) is 0 Å². The van der Waals surface area contributed by atoms with Crippen molar-refractivity contribution in [3.63, 3.8) is 0 Å². The second-order valence-electron chi connectivity index (χ2n) is 5.45. The Hall–Kier alpha value is -0.370. The fourth-order valence-corrected chi connectivity index (χ4v) is 5.45. The lowest BCUT2D eigenvalue weighted by Gasteiger charge is -2.29. The van der Waals surface area contributed by atoms with E-state index in [1.54, 1.807) is 18.2 Å². The molecule has 0 saturated carbocycles. The van der Waals surface area contributed by atoms with Gasteiger partial charge in [0.25, 0.3) is 0 Å². The highest BCUT2D eigenvalue weighted by Gasteiger charge is 2.27. The van der Waals surface area contributed by atoms with Crippen molar-refractivity contribution in [2.75, 3.05) is 13.1 Å². The van der Waals surface area contributed by atoms with Crippen LogP contribution in [-0.2, 0) is 10.0 Å². The zero-order chi connectivity index (χ0) is 15.0. The molecular formula is C14H18Cl2N2O2S2. The molecule has 4 nitrogen and oxygen atoms in total. The van der Waals surface area contributed by atoms with E-state index in [1.165, 1.54) is 11.3 Å². The number of halogens is 2. The highest BCUT2D eigenvalue weighted by Crippen LogP contribution is 2.31. The van der Waals surface area contributed by atoms with Crippen LogP contribution in [0.15, 0.2) is 28.5 Å². The summed E-state index contributed by atoms with van der Waals surface area (Å²) < 4.78 is 29.2. The summed E-state index contributed by atoms with van der Waals surface area (Å²) >= 11 is 7.22. The summed E-state index contributed by atoms with van der Waals surface area (Å²) in [5.74, 6) is 0.338. The number of benzene rings is 1. The molecule has 2 aromatic rings. The third-order valence-electron chi connectivity index (χ3n) is 3.85. The fourth-order valence-electron chi connectivity index (χ4n) is 2.53. The highest BCUT2D eigenvalue weighted by molar-refractivity contribution is 7.91. The van der Waals surface area contributed by atoms with E-state index in [0.29, 0.717) is 21.7 Å². The molecule has 2 atom stereocenters. The van der Waals surface area contributed by atoms with Gasteiger partial charge in [0.2, 0.25) is 10.0 Å². The van der Waals surface area contributed by atoms with Gasteiger partial charge in [-0.1, -0.05) is 18.5 Å². The summed E-state index contributed by atoms with van der Waals surface area (Å²) in [5, 5.41) is 4.71. The molecule has 2 unspecified atom stereocenters. The molecule has 0 radical (unpaired) electrons. The Morgan fingerprint density at radius 3 is 2.86 bits per heavy atom. The largest absolute Gasteiger partial charge is 0.315 e. The van der Waals surface area contributed by atoms with Gasteiger partial charge in [0, 0.05) is 22.3 Å². The summed E-state index contributed by atoms with van der Waals surface area (Å²) in [4.78, 5) is 0. The number of rotatable bonds is 3. The van der Waals surface area contributed by atoms with Crippen LogP contribution in [0.2, 0.25) is 5.02 Å². The molecule has 2 N–H and O–H groups in total. The van der Waals surface area contributed by atoms with Crippen LogP contribution in [0.5, 0.6) is 0 Å². The first kappa shape index (κ1) is 18.0. The molecule has 1 saturated heterocycles. The average molecular weight is 381 g/mol. The standard InChI is InChI=1S/C14H17ClN2O2S2.ClH/c1-9-4-5-16-8-12(9)17-21(18,19)14-7-10-6-11(15)2-3-13(10)20-14;/h2-3,6-7,9,12,16-17H,4-5,8H2,1H3;1H. The second-order valence-corrected chi connectivity index (χ2v) is 8.91. The van der Waals surface area contributed by atoms with Gasteiger partial charge in [0.05, 0.1) is 0 Å². The molecule has 22 heavy (non-hydrogen) atoms. The van der Waals surface area contributed by atoms with Crippen molar-refractivity contribution in [1.82, 2.24) is 10.0 Å². The molecule has 1 aliphatic heterocycles. The van der Waals surface area contributed by atoms with Gasteiger partial charge in [0.1, 0.15) is 4.21 Å². The summed E-state index contributed by atoms with van der Waals surface area (Å²) in [6.07, 6.45) is 0.981. The molecule has 0 spiro atoms. The minimum atomic E-state index is -3.48. The lowest BCUT2D eigenvalue weighted by atomic mass is 9.96. The molecule has 1 aromatic heterocycles. The minimum absolute atomic E-state index is 0. The van der Waals surface area contributed by atoms with Crippen molar-refractivity contribution in [3.05, 3.63) is 29.3 Å². The Kier molecular flexibility index (Phi) is 5.74. The van der Waals surface area contributed by atoms with Crippen LogP contribution in [0.4, 0.5) is 0 Å². The molecule has 3 rings (SSSR count). The number of fused-ring (bicyclic) bond motifs is 1. The number of nitrogens with one attached hydrogen (secondary N) is 2. The molecular weight excluding hydrogens is 363 g/mol. The van der Waals surface area contributed by atoms with E-state index >= 15 is 0 Å². The Labute approximate surface area is 145 Å². The van der Waals surface area contributed by atoms with Gasteiger partial charge < -0.3 is 5.32 Å². The van der Waals surface area contributed by atoms with Gasteiger partial charge >= 0.3 is 0 Å². The molecule has 0 aliphatic carbocycles. The molecule has 1 aliphatic rings. The van der Waals surface area contributed by atoms with E-state index < -0.39 is 10.0 Å². The van der Waals surface area contributed by atoms with Crippen LogP contribution >= 0.6 is 35.3 Å². The van der Waals surface area contributed by atoms with E-state index in [9.17, 15) is 8.42 Å². The monoisotopic (exact) mass is 380 g/mol. The summed E-state index contributed by atoms with van der Waals surface area (Å²) in [7, 11) is -3.48. The van der Waals surface area contributed by atoms with E-state index in [0.717, 1.165) is 23.1 Å². The third-order valence-corrected chi connectivity index (χ3v) is 7.17. The van der Waals surface area contributed by atoms with Crippen LogP contribution in [0.3, 0.4) is 0 Å². The molecule has 8 heteroatoms. The maximum Gasteiger partial charge on any atom is 0.250 e. The topological polar surface area (TPSA) is 58.2 Å². The first-order chi connectivity index (χ1) is 9.95. The van der Waals surface area contributed by atoms with Crippen molar-refractivity contribution < 1.29 is 8.42 Å². The Morgan fingerprint density at radius 1 is 1.36 bits per heavy atom. The van der Waals surface area contributed by atoms with E-state index in [-0.39, 0.29) is 18.4 Å². The van der Waals surface area contributed by atoms with Gasteiger partial charge in [-0.25, -0.2) is 13.1 Å². The van der Waals surface area contributed by atoms with E-state index in [4.69, 9.17) is 11.6 Å². The quantitative estimate of drug-likeness (QED) is 0.858. The van der Waals surface area contributed by atoms with Gasteiger partial charge in [-0.05, 0) is 48.5 Å². The maximum absolute atomic E-state index is 12.5. The molecule has 122 valence electrons. The van der Waals surface area contributed by atoms with Crippen LogP contribution in [0.1, 0.15) is 13.3 Å². The lowest BCUT2D eigenvalue weighted by Crippen LogP contribution is -2.49. The second kappa shape index (κ2) is 7.03. The zero-order valence-electron chi connectivity index (χ0n) is 12.0. The number of sulfonamides is 1. The van der Waals surface area contributed by atoms with Gasteiger partial charge in [-0.15, -0.1) is 23.7 Å². The van der Waals surface area contributed by atoms with Crippen molar-refractivity contribution in [2.24, 2.45) is 5.92 Å². The molecule has 1 fully saturated rings. The molecule has 1 aromatic carbocycles. The van der Waals surface area contributed by atoms with E-state index in [2.05, 4.69) is 17.0 Å². The number of piperidine rings is 1. The Balaban J connectivity index is 0.00000176. The Morgan fingerprint density at radius 2 is 2.14 bits per heavy atom. The molecule has 0 amide bonds. The number of hydrogen-bond donors (Lipinski definition) is 2. The fraction of sp³-hybridized carbons (Fsp3) is 0.429. The van der Waals surface area contributed by atoms with Crippen molar-refractivity contribution >= 4 is 55.5 Å². The Bertz CT molecular complexity index is 761. The zero-order valence-corrected chi connectivity index (χ0v) is 15.2. The maximum atomic E-state index is 12.5. The summed E-state index contributed by atoms with van der Waals surface area (Å²) in [6, 6.07) is 7.05. The van der Waals surface area contributed by atoms with Crippen LogP contribution in [0, 0.1) is 5.92 Å². The first-order valence-electron chi connectivity index (χ1n) is 6.88. The minimum Gasteiger partial charge on any atom is -0.315 e. The van der Waals surface area contributed by atoms with Crippen molar-refractivity contribution in [2.45, 2.75) is 23.6 Å². The highest BCUT2D eigenvalue weighted by atomic mass is 35.5. The van der Waals surface area contributed by atoms with E-state index in [1.807, 2.05) is 6.07 Å². The number of hydrogen-bond acceptors (Lipinski definition) is 4. The SMILES string of the molecule is CC1CCNCC1NS(=O)(=O)c1cc2cc(Cl)ccc2s1.Cl. The smallest absolute Gasteiger partial charge is 0.250 e. The van der Waals surface area contributed by atoms with Crippen LogP contribution in [-0.4, -0.2) is 27.5 Å². The van der Waals surface area contributed by atoms with Crippen molar-refractivity contribution in [1.29, 1.82) is 0 Å². The molecule has 2 heterocycles. The van der Waals surface area contributed by atoms with Gasteiger partial charge in [-0.2, -0.15) is 0 Å². The predicted molar refractivity (Wildman–Crippen MR) is 94.8 cm³/mol. The molecule has 0 bridgehead atoms. The van der Waals surface area contributed by atoms with Gasteiger partial charge in [0.15, 0.2) is 0 Å². The van der Waals surface area contributed by atoms with Crippen LogP contribution < -0.4 is 10.0 Å².